The van der Waals surface area contributed by atoms with Crippen LogP contribution in [-0.2, 0) is 24.1 Å². The third-order valence-electron chi connectivity index (χ3n) is 3.99. The Balaban J connectivity index is 1.79. The minimum Gasteiger partial charge on any atom is -0.481 e. The molecular formula is C17H18N2O2. The van der Waals surface area contributed by atoms with Crippen molar-refractivity contribution < 1.29 is 9.90 Å². The van der Waals surface area contributed by atoms with E-state index >= 15 is 0 Å². The number of carbonyl (C=O) groups is 1. The quantitative estimate of drug-likeness (QED) is 0.939. The van der Waals surface area contributed by atoms with Gasteiger partial charge in [-0.05, 0) is 37.3 Å². The van der Waals surface area contributed by atoms with Crippen molar-refractivity contribution >= 4 is 5.97 Å². The number of hydrogen-bond acceptors (Lipinski definition) is 3. The third kappa shape index (κ3) is 3.10. The molecule has 0 fully saturated rings. The highest BCUT2D eigenvalue weighted by Gasteiger charge is 2.25. The molecular weight excluding hydrogens is 264 g/mol. The van der Waals surface area contributed by atoms with Gasteiger partial charge in [0.05, 0.1) is 5.92 Å². The van der Waals surface area contributed by atoms with E-state index in [1.807, 2.05) is 12.3 Å². The molecule has 1 heterocycles. The molecule has 1 N–H and O–H groups in total. The Bertz CT molecular complexity index is 682. The summed E-state index contributed by atoms with van der Waals surface area (Å²) < 4.78 is 0. The zero-order chi connectivity index (χ0) is 14.8. The number of carboxylic acid groups (broad SMARTS) is 1. The van der Waals surface area contributed by atoms with Gasteiger partial charge in [-0.15, -0.1) is 0 Å². The van der Waals surface area contributed by atoms with Crippen LogP contribution >= 0.6 is 0 Å². The molecule has 3 rings (SSSR count). The summed E-state index contributed by atoms with van der Waals surface area (Å²) in [5, 5.41) is 9.10. The van der Waals surface area contributed by atoms with Gasteiger partial charge in [0.2, 0.25) is 0 Å². The van der Waals surface area contributed by atoms with E-state index in [0.717, 1.165) is 29.9 Å². The molecule has 1 aromatic carbocycles. The summed E-state index contributed by atoms with van der Waals surface area (Å²) >= 11 is 0. The van der Waals surface area contributed by atoms with Crippen LogP contribution in [0.2, 0.25) is 0 Å². The number of hydrogen-bond donors (Lipinski definition) is 1. The van der Waals surface area contributed by atoms with Crippen molar-refractivity contribution in [1.82, 2.24) is 9.97 Å². The van der Waals surface area contributed by atoms with Crippen LogP contribution in [0.5, 0.6) is 0 Å². The molecule has 1 unspecified atom stereocenters. The first-order valence-electron chi connectivity index (χ1n) is 7.24. The van der Waals surface area contributed by atoms with E-state index in [1.54, 1.807) is 0 Å². The van der Waals surface area contributed by atoms with Gasteiger partial charge in [-0.25, -0.2) is 9.97 Å². The molecule has 4 nitrogen and oxygen atoms in total. The van der Waals surface area contributed by atoms with E-state index in [4.69, 9.17) is 5.11 Å². The number of rotatable bonds is 3. The van der Waals surface area contributed by atoms with Crippen LogP contribution < -0.4 is 0 Å². The molecule has 1 aromatic heterocycles. The van der Waals surface area contributed by atoms with Gasteiger partial charge in [-0.2, -0.15) is 0 Å². The predicted molar refractivity (Wildman–Crippen MR) is 79.2 cm³/mol. The minimum absolute atomic E-state index is 0.288. The van der Waals surface area contributed by atoms with Crippen molar-refractivity contribution in [3.05, 3.63) is 58.7 Å². The molecule has 0 bridgehead atoms. The van der Waals surface area contributed by atoms with Crippen LogP contribution in [0.15, 0.2) is 30.5 Å². The molecule has 2 aromatic rings. The Morgan fingerprint density at radius 1 is 1.43 bits per heavy atom. The van der Waals surface area contributed by atoms with E-state index in [0.29, 0.717) is 12.8 Å². The smallest absolute Gasteiger partial charge is 0.306 e. The Labute approximate surface area is 123 Å². The monoisotopic (exact) mass is 282 g/mol. The number of nitrogens with zero attached hydrogens (tertiary/aromatic N) is 2. The third-order valence-corrected chi connectivity index (χ3v) is 3.99. The molecule has 0 aliphatic heterocycles. The Morgan fingerprint density at radius 3 is 3.05 bits per heavy atom. The summed E-state index contributed by atoms with van der Waals surface area (Å²) in [7, 11) is 0. The van der Waals surface area contributed by atoms with Crippen LogP contribution in [0.1, 0.15) is 34.6 Å². The number of benzene rings is 1. The van der Waals surface area contributed by atoms with E-state index in [2.05, 4.69) is 35.1 Å². The average Bonchev–Trinajstić information content (AvgIpc) is 2.46. The normalized spacial score (nSPS) is 17.3. The summed E-state index contributed by atoms with van der Waals surface area (Å²) in [4.78, 5) is 20.1. The van der Waals surface area contributed by atoms with Crippen LogP contribution in [0, 0.1) is 12.8 Å². The van der Waals surface area contributed by atoms with Gasteiger partial charge in [0.15, 0.2) is 0 Å². The fraction of sp³-hybridized carbons (Fsp3) is 0.353. The van der Waals surface area contributed by atoms with Crippen molar-refractivity contribution in [2.24, 2.45) is 5.92 Å². The lowest BCUT2D eigenvalue weighted by atomic mass is 9.87. The Kier molecular flexibility index (Phi) is 3.69. The highest BCUT2D eigenvalue weighted by molar-refractivity contribution is 5.70. The van der Waals surface area contributed by atoms with Crippen LogP contribution in [0.3, 0.4) is 0 Å². The van der Waals surface area contributed by atoms with E-state index in [9.17, 15) is 4.79 Å². The van der Waals surface area contributed by atoms with Gasteiger partial charge >= 0.3 is 5.97 Å². The predicted octanol–water partition coefficient (Wildman–Crippen LogP) is 2.57. The molecule has 108 valence electrons. The number of carboxylic acids is 1. The number of fused-ring (bicyclic) bond motifs is 1. The molecule has 0 saturated carbocycles. The first-order valence-corrected chi connectivity index (χ1v) is 7.24. The largest absolute Gasteiger partial charge is 0.481 e. The van der Waals surface area contributed by atoms with E-state index < -0.39 is 5.97 Å². The molecule has 0 saturated heterocycles. The summed E-state index contributed by atoms with van der Waals surface area (Å²) in [5.41, 5.74) is 4.44. The zero-order valence-corrected chi connectivity index (χ0v) is 12.0. The molecule has 4 heteroatoms. The second-order valence-corrected chi connectivity index (χ2v) is 5.70. The second kappa shape index (κ2) is 5.64. The fourth-order valence-corrected chi connectivity index (χ4v) is 2.85. The van der Waals surface area contributed by atoms with Gasteiger partial charge in [0, 0.05) is 18.3 Å². The lowest BCUT2D eigenvalue weighted by molar-refractivity contribution is -0.142. The van der Waals surface area contributed by atoms with Crippen molar-refractivity contribution in [2.45, 2.75) is 32.6 Å². The maximum Gasteiger partial charge on any atom is 0.306 e. The molecule has 0 spiro atoms. The van der Waals surface area contributed by atoms with E-state index in [-0.39, 0.29) is 5.92 Å². The molecule has 1 atom stereocenters. The van der Waals surface area contributed by atoms with Crippen molar-refractivity contribution in [3.8, 4) is 0 Å². The molecule has 21 heavy (non-hydrogen) atoms. The van der Waals surface area contributed by atoms with Gasteiger partial charge in [-0.3, -0.25) is 4.79 Å². The SMILES string of the molecule is Cc1cccc(Cc2ncc3c(n2)CCC(C(=O)O)C3)c1. The first kappa shape index (κ1) is 13.7. The minimum atomic E-state index is -0.718. The van der Waals surface area contributed by atoms with Gasteiger partial charge in [-0.1, -0.05) is 29.8 Å². The van der Waals surface area contributed by atoms with Gasteiger partial charge in [0.25, 0.3) is 0 Å². The highest BCUT2D eigenvalue weighted by atomic mass is 16.4. The van der Waals surface area contributed by atoms with E-state index in [1.165, 1.54) is 11.1 Å². The molecule has 1 aliphatic carbocycles. The number of aliphatic carboxylic acids is 1. The van der Waals surface area contributed by atoms with Crippen LogP contribution in [0.4, 0.5) is 0 Å². The maximum absolute atomic E-state index is 11.1. The lowest BCUT2D eigenvalue weighted by Crippen LogP contribution is -2.23. The zero-order valence-electron chi connectivity index (χ0n) is 12.0. The Hall–Kier alpha value is -2.23. The topological polar surface area (TPSA) is 63.1 Å². The second-order valence-electron chi connectivity index (χ2n) is 5.70. The first-order chi connectivity index (χ1) is 10.1. The number of aryl methyl sites for hydroxylation is 2. The Morgan fingerprint density at radius 2 is 2.29 bits per heavy atom. The fourth-order valence-electron chi connectivity index (χ4n) is 2.85. The highest BCUT2D eigenvalue weighted by Crippen LogP contribution is 2.24. The van der Waals surface area contributed by atoms with Crippen molar-refractivity contribution in [3.63, 3.8) is 0 Å². The van der Waals surface area contributed by atoms with Gasteiger partial charge in [0.1, 0.15) is 5.82 Å². The summed E-state index contributed by atoms with van der Waals surface area (Å²) in [5.74, 6) is -0.193. The maximum atomic E-state index is 11.1. The summed E-state index contributed by atoms with van der Waals surface area (Å²) in [6.45, 7) is 2.07. The van der Waals surface area contributed by atoms with Crippen LogP contribution in [0.25, 0.3) is 0 Å². The average molecular weight is 282 g/mol. The van der Waals surface area contributed by atoms with Crippen LogP contribution in [-0.4, -0.2) is 21.0 Å². The van der Waals surface area contributed by atoms with Crippen molar-refractivity contribution in [2.75, 3.05) is 0 Å². The molecule has 1 aliphatic rings. The van der Waals surface area contributed by atoms with Crippen molar-refractivity contribution in [1.29, 1.82) is 0 Å². The lowest BCUT2D eigenvalue weighted by Gasteiger charge is -2.20. The summed E-state index contributed by atoms with van der Waals surface area (Å²) in [6, 6.07) is 8.34. The molecule has 0 radical (unpaired) electrons. The summed E-state index contributed by atoms with van der Waals surface area (Å²) in [6.07, 6.45) is 4.48. The number of aromatic nitrogens is 2. The molecule has 0 amide bonds. The van der Waals surface area contributed by atoms with Gasteiger partial charge < -0.3 is 5.11 Å². The standard InChI is InChI=1S/C17H18N2O2/c1-11-3-2-4-12(7-11)8-16-18-10-14-9-13(17(20)21)5-6-15(14)19-16/h2-4,7,10,13H,5-6,8-9H2,1H3,(H,20,21).